The second kappa shape index (κ2) is 10.5. The van der Waals surface area contributed by atoms with Crippen molar-refractivity contribution in [3.63, 3.8) is 0 Å². The molecule has 2 aromatic carbocycles. The topological polar surface area (TPSA) is 99.2 Å². The summed E-state index contributed by atoms with van der Waals surface area (Å²) in [5, 5.41) is 17.5. The van der Waals surface area contributed by atoms with E-state index in [1.165, 1.54) is 6.42 Å². The molecule has 2 aliphatic rings. The number of aromatic nitrogens is 4. The molecule has 2 N–H and O–H groups in total. The van der Waals surface area contributed by atoms with E-state index >= 15 is 0 Å². The van der Waals surface area contributed by atoms with Crippen LogP contribution in [0.1, 0.15) is 51.0 Å². The number of hydrazine groups is 1. The number of benzene rings is 2. The van der Waals surface area contributed by atoms with E-state index in [0.717, 1.165) is 59.5 Å². The van der Waals surface area contributed by atoms with Crippen molar-refractivity contribution >= 4 is 22.8 Å². The monoisotopic (exact) mass is 475 g/mol. The first-order chi connectivity index (χ1) is 16.7. The van der Waals surface area contributed by atoms with Gasteiger partial charge in [0.25, 0.3) is 5.91 Å². The Kier molecular flexibility index (Phi) is 7.01. The second-order valence-corrected chi connectivity index (χ2v) is 9.95. The van der Waals surface area contributed by atoms with E-state index in [1.54, 1.807) is 11.8 Å². The molecule has 1 unspecified atom stereocenters. The van der Waals surface area contributed by atoms with Crippen molar-refractivity contribution in [2.45, 2.75) is 57.4 Å². The van der Waals surface area contributed by atoms with Crippen LogP contribution in [0.15, 0.2) is 53.5 Å². The Bertz CT molecular complexity index is 1140. The molecule has 1 atom stereocenters. The van der Waals surface area contributed by atoms with E-state index in [-0.39, 0.29) is 17.2 Å². The molecule has 8 nitrogen and oxygen atoms in total. The van der Waals surface area contributed by atoms with Crippen molar-refractivity contribution in [1.29, 1.82) is 0 Å². The second-order valence-electron chi connectivity index (χ2n) is 8.78. The van der Waals surface area contributed by atoms with E-state index in [2.05, 4.69) is 68.3 Å². The highest BCUT2D eigenvalue weighted by atomic mass is 32.2. The van der Waals surface area contributed by atoms with E-state index < -0.39 is 0 Å². The molecule has 2 fully saturated rings. The fraction of sp³-hybridized carbons (Fsp3) is 0.400. The highest BCUT2D eigenvalue weighted by Crippen LogP contribution is 2.31. The maximum atomic E-state index is 12.8. The molecule has 2 heterocycles. The molecule has 1 aliphatic heterocycles. The van der Waals surface area contributed by atoms with Crippen LogP contribution in [0, 0.1) is 5.92 Å². The number of nitrogens with one attached hydrogen (secondary N) is 2. The number of amidine groups is 1. The Morgan fingerprint density at radius 2 is 1.85 bits per heavy atom. The van der Waals surface area contributed by atoms with Crippen molar-refractivity contribution in [1.82, 2.24) is 31.1 Å². The number of H-pyrrole nitrogens is 1. The SMILES string of the molecule is CCC1NN(Cc2ccc(-c3ccccc3-c3nn[nH]n3)cc2)C(=NC(=O)C2CCCCC2)S1. The number of carbonyl (C=O) groups excluding carboxylic acids is 1. The van der Waals surface area contributed by atoms with Gasteiger partial charge in [-0.1, -0.05) is 86.5 Å². The quantitative estimate of drug-likeness (QED) is 0.529. The predicted octanol–water partition coefficient (Wildman–Crippen LogP) is 4.79. The van der Waals surface area contributed by atoms with E-state index in [1.807, 2.05) is 23.2 Å². The summed E-state index contributed by atoms with van der Waals surface area (Å²) >= 11 is 1.65. The van der Waals surface area contributed by atoms with Crippen LogP contribution in [0.25, 0.3) is 22.5 Å². The highest BCUT2D eigenvalue weighted by molar-refractivity contribution is 8.14. The van der Waals surface area contributed by atoms with Gasteiger partial charge >= 0.3 is 0 Å². The minimum atomic E-state index is 0.0409. The van der Waals surface area contributed by atoms with Gasteiger partial charge in [-0.05, 0) is 41.2 Å². The third kappa shape index (κ3) is 5.05. The number of thioether (sulfide) groups is 1. The number of amides is 1. The molecule has 34 heavy (non-hydrogen) atoms. The van der Waals surface area contributed by atoms with Crippen LogP contribution >= 0.6 is 11.8 Å². The minimum absolute atomic E-state index is 0.0409. The number of aromatic amines is 1. The van der Waals surface area contributed by atoms with Crippen LogP contribution in [-0.2, 0) is 11.3 Å². The minimum Gasteiger partial charge on any atom is -0.281 e. The van der Waals surface area contributed by atoms with Crippen molar-refractivity contribution in [3.05, 3.63) is 54.1 Å². The van der Waals surface area contributed by atoms with Crippen LogP contribution in [0.5, 0.6) is 0 Å². The summed E-state index contributed by atoms with van der Waals surface area (Å²) in [5.74, 6) is 0.703. The largest absolute Gasteiger partial charge is 0.281 e. The normalized spacial score (nSPS) is 20.2. The standard InChI is InChI=1S/C25H29N7OS/c1-2-22-29-32(25(34-22)26-24(33)19-8-4-3-5-9-19)16-17-12-14-18(15-13-17)20-10-6-7-11-21(20)23-27-30-31-28-23/h6-7,10-15,19,22,29H,2-5,8-9,16H2,1H3,(H,27,28,30,31). The van der Waals surface area contributed by atoms with Gasteiger partial charge in [-0.15, -0.1) is 10.2 Å². The lowest BCUT2D eigenvalue weighted by Crippen LogP contribution is -2.37. The van der Waals surface area contributed by atoms with Gasteiger partial charge in [0.1, 0.15) is 0 Å². The maximum absolute atomic E-state index is 12.8. The van der Waals surface area contributed by atoms with Gasteiger partial charge in [0.15, 0.2) is 5.17 Å². The molecule has 3 aromatic rings. The number of tetrazole rings is 1. The molecule has 176 valence electrons. The van der Waals surface area contributed by atoms with Crippen molar-refractivity contribution in [2.75, 3.05) is 0 Å². The number of rotatable bonds is 6. The van der Waals surface area contributed by atoms with E-state index in [9.17, 15) is 4.79 Å². The molecule has 0 spiro atoms. The van der Waals surface area contributed by atoms with Gasteiger partial charge in [-0.25, -0.2) is 5.43 Å². The molecule has 5 rings (SSSR count). The molecule has 1 aromatic heterocycles. The first-order valence-electron chi connectivity index (χ1n) is 12.0. The third-order valence-electron chi connectivity index (χ3n) is 6.43. The van der Waals surface area contributed by atoms with Crippen LogP contribution in [0.4, 0.5) is 0 Å². The molecule has 1 aliphatic carbocycles. The first-order valence-corrected chi connectivity index (χ1v) is 12.8. The summed E-state index contributed by atoms with van der Waals surface area (Å²) in [4.78, 5) is 17.4. The zero-order chi connectivity index (χ0) is 23.3. The van der Waals surface area contributed by atoms with E-state index in [4.69, 9.17) is 0 Å². The lowest BCUT2D eigenvalue weighted by molar-refractivity contribution is -0.122. The molecule has 0 bridgehead atoms. The fourth-order valence-corrected chi connectivity index (χ4v) is 5.52. The average molecular weight is 476 g/mol. The molecule has 9 heteroatoms. The van der Waals surface area contributed by atoms with Gasteiger partial charge in [-0.2, -0.15) is 10.2 Å². The maximum Gasteiger partial charge on any atom is 0.251 e. The molecular formula is C25H29N7OS. The molecule has 1 saturated carbocycles. The van der Waals surface area contributed by atoms with Crippen LogP contribution < -0.4 is 5.43 Å². The van der Waals surface area contributed by atoms with Gasteiger partial charge < -0.3 is 0 Å². The highest BCUT2D eigenvalue weighted by Gasteiger charge is 2.30. The van der Waals surface area contributed by atoms with Gasteiger partial charge in [0, 0.05) is 11.5 Å². The van der Waals surface area contributed by atoms with Gasteiger partial charge in [0.2, 0.25) is 5.82 Å². The smallest absolute Gasteiger partial charge is 0.251 e. The molecular weight excluding hydrogens is 446 g/mol. The van der Waals surface area contributed by atoms with Crippen molar-refractivity contribution in [2.24, 2.45) is 10.9 Å². The lowest BCUT2D eigenvalue weighted by atomic mass is 9.89. The number of nitrogens with zero attached hydrogens (tertiary/aromatic N) is 5. The zero-order valence-corrected chi connectivity index (χ0v) is 20.1. The zero-order valence-electron chi connectivity index (χ0n) is 19.3. The first kappa shape index (κ1) is 22.7. The molecule has 0 radical (unpaired) electrons. The Balaban J connectivity index is 1.33. The molecule has 1 amide bonds. The Labute approximate surface area is 203 Å². The summed E-state index contributed by atoms with van der Waals surface area (Å²) in [6.45, 7) is 2.79. The predicted molar refractivity (Wildman–Crippen MR) is 134 cm³/mol. The summed E-state index contributed by atoms with van der Waals surface area (Å²) < 4.78 is 0. The van der Waals surface area contributed by atoms with Crippen LogP contribution in [-0.4, -0.2) is 42.1 Å². The summed E-state index contributed by atoms with van der Waals surface area (Å²) in [6.07, 6.45) is 6.40. The van der Waals surface area contributed by atoms with Gasteiger partial charge in [-0.3, -0.25) is 9.80 Å². The average Bonchev–Trinajstić information content (AvgIpc) is 3.56. The van der Waals surface area contributed by atoms with Crippen LogP contribution in [0.2, 0.25) is 0 Å². The summed E-state index contributed by atoms with van der Waals surface area (Å²) in [6, 6.07) is 16.5. The molecule has 1 saturated heterocycles. The Morgan fingerprint density at radius 1 is 1.09 bits per heavy atom. The summed E-state index contributed by atoms with van der Waals surface area (Å²) in [5.41, 5.74) is 7.72. The third-order valence-corrected chi connectivity index (χ3v) is 7.67. The fourth-order valence-electron chi connectivity index (χ4n) is 4.53. The number of hydrogen-bond donors (Lipinski definition) is 2. The Hall–Kier alpha value is -3.04. The van der Waals surface area contributed by atoms with Crippen LogP contribution in [0.3, 0.4) is 0 Å². The Morgan fingerprint density at radius 3 is 2.56 bits per heavy atom. The summed E-state index contributed by atoms with van der Waals surface area (Å²) in [7, 11) is 0. The van der Waals surface area contributed by atoms with Gasteiger partial charge in [0.05, 0.1) is 11.9 Å². The lowest BCUT2D eigenvalue weighted by Gasteiger charge is -2.21. The van der Waals surface area contributed by atoms with Crippen molar-refractivity contribution in [3.8, 4) is 22.5 Å². The number of hydrogen-bond acceptors (Lipinski definition) is 6. The van der Waals surface area contributed by atoms with E-state index in [0.29, 0.717) is 12.4 Å². The number of carbonyl (C=O) groups is 1. The number of aliphatic imine (C=N–C) groups is 1. The van der Waals surface area contributed by atoms with Crippen molar-refractivity contribution < 1.29 is 4.79 Å².